The Morgan fingerprint density at radius 2 is 1.38 bits per heavy atom. The van der Waals surface area contributed by atoms with Crippen LogP contribution in [0.1, 0.15) is 47.6 Å². The van der Waals surface area contributed by atoms with Crippen molar-refractivity contribution in [1.29, 1.82) is 0 Å². The summed E-state index contributed by atoms with van der Waals surface area (Å²) in [5.74, 6) is -0.739. The van der Waals surface area contributed by atoms with Crippen LogP contribution in [-0.2, 0) is 32.6 Å². The number of benzene rings is 4. The second-order valence-corrected chi connectivity index (χ2v) is 13.3. The van der Waals surface area contributed by atoms with E-state index >= 15 is 0 Å². The molecule has 0 spiro atoms. The van der Waals surface area contributed by atoms with Crippen molar-refractivity contribution < 1.29 is 18.0 Å². The minimum absolute atomic E-state index is 0.0913. The highest BCUT2D eigenvalue weighted by Crippen LogP contribution is 2.28. The predicted molar refractivity (Wildman–Crippen MR) is 180 cm³/mol. The molecule has 4 rings (SSSR count). The van der Waals surface area contributed by atoms with Crippen molar-refractivity contribution in [3.8, 4) is 0 Å². The predicted octanol–water partition coefficient (Wildman–Crippen LogP) is 6.36. The van der Waals surface area contributed by atoms with E-state index in [4.69, 9.17) is 0 Å². The molecule has 45 heavy (non-hydrogen) atoms. The Kier molecular flexibility index (Phi) is 11.5. The molecule has 2 amide bonds. The lowest BCUT2D eigenvalue weighted by molar-refractivity contribution is -0.140. The number of rotatable bonds is 14. The minimum Gasteiger partial charge on any atom is -0.354 e. The molecule has 4 aromatic carbocycles. The molecule has 0 heterocycles. The number of carbonyl (C=O) groups is 2. The Labute approximate surface area is 268 Å². The fraction of sp³-hybridized carbons (Fsp3) is 0.297. The van der Waals surface area contributed by atoms with Gasteiger partial charge in [-0.2, -0.15) is 0 Å². The van der Waals surface area contributed by atoms with Crippen LogP contribution in [0.3, 0.4) is 0 Å². The monoisotopic (exact) mass is 625 g/mol. The smallest absolute Gasteiger partial charge is 0.264 e. The van der Waals surface area contributed by atoms with Crippen molar-refractivity contribution >= 4 is 27.5 Å². The van der Waals surface area contributed by atoms with Crippen LogP contribution in [0.15, 0.2) is 108 Å². The van der Waals surface area contributed by atoms with Gasteiger partial charge >= 0.3 is 0 Å². The van der Waals surface area contributed by atoms with E-state index in [1.54, 1.807) is 30.3 Å². The molecule has 1 atom stereocenters. The standard InChI is InChI=1S/C37H43N3O4S/c1-5-6-23-38-37(42)35(25-31-13-9-7-10-14-31)39(26-32-15-11-8-12-16-32)36(41)27-40(34-22-19-29(3)24-30(34)4)45(43,44)33-20-17-28(2)18-21-33/h7-22,24,35H,5-6,23,25-27H2,1-4H3,(H,38,42). The molecular weight excluding hydrogens is 582 g/mol. The van der Waals surface area contributed by atoms with E-state index < -0.39 is 28.5 Å². The maximum absolute atomic E-state index is 14.5. The summed E-state index contributed by atoms with van der Waals surface area (Å²) in [5, 5.41) is 3.02. The molecule has 0 saturated heterocycles. The van der Waals surface area contributed by atoms with E-state index in [9.17, 15) is 18.0 Å². The third-order valence-electron chi connectivity index (χ3n) is 7.81. The quantitative estimate of drug-likeness (QED) is 0.165. The number of aryl methyl sites for hydroxylation is 3. The number of nitrogens with zero attached hydrogens (tertiary/aromatic N) is 2. The van der Waals surface area contributed by atoms with Gasteiger partial charge in [0.15, 0.2) is 0 Å². The van der Waals surface area contributed by atoms with Gasteiger partial charge in [0.2, 0.25) is 11.8 Å². The average molecular weight is 626 g/mol. The summed E-state index contributed by atoms with van der Waals surface area (Å²) in [5.41, 5.74) is 4.79. The molecule has 0 aromatic heterocycles. The molecule has 236 valence electrons. The van der Waals surface area contributed by atoms with E-state index in [-0.39, 0.29) is 23.8 Å². The van der Waals surface area contributed by atoms with Crippen LogP contribution in [-0.4, -0.2) is 44.3 Å². The van der Waals surface area contributed by atoms with Gasteiger partial charge in [-0.3, -0.25) is 13.9 Å². The minimum atomic E-state index is -4.14. The van der Waals surface area contributed by atoms with E-state index in [0.717, 1.165) is 40.7 Å². The molecule has 7 nitrogen and oxygen atoms in total. The number of hydrogen-bond donors (Lipinski definition) is 1. The maximum Gasteiger partial charge on any atom is 0.264 e. The van der Waals surface area contributed by atoms with E-state index in [2.05, 4.69) is 12.2 Å². The number of nitrogens with one attached hydrogen (secondary N) is 1. The van der Waals surface area contributed by atoms with Gasteiger partial charge < -0.3 is 10.2 Å². The Morgan fingerprint density at radius 1 is 0.778 bits per heavy atom. The summed E-state index contributed by atoms with van der Waals surface area (Å²) >= 11 is 0. The molecule has 4 aromatic rings. The summed E-state index contributed by atoms with van der Waals surface area (Å²) in [6.07, 6.45) is 2.01. The van der Waals surface area contributed by atoms with Crippen LogP contribution < -0.4 is 9.62 Å². The Morgan fingerprint density at radius 3 is 1.98 bits per heavy atom. The number of anilines is 1. The fourth-order valence-electron chi connectivity index (χ4n) is 5.28. The summed E-state index contributed by atoms with van der Waals surface area (Å²) in [4.78, 5) is 30.0. The van der Waals surface area contributed by atoms with Gasteiger partial charge in [-0.1, -0.05) is 109 Å². The lowest BCUT2D eigenvalue weighted by atomic mass is 10.0. The van der Waals surface area contributed by atoms with Crippen molar-refractivity contribution in [2.24, 2.45) is 0 Å². The van der Waals surface area contributed by atoms with Crippen LogP contribution in [0.5, 0.6) is 0 Å². The summed E-state index contributed by atoms with van der Waals surface area (Å²) < 4.78 is 29.7. The summed E-state index contributed by atoms with van der Waals surface area (Å²) in [6, 6.07) is 30.3. The van der Waals surface area contributed by atoms with Gasteiger partial charge in [0, 0.05) is 19.5 Å². The normalized spacial score (nSPS) is 11.9. The Bertz CT molecular complexity index is 1670. The van der Waals surface area contributed by atoms with Crippen LogP contribution in [0.25, 0.3) is 0 Å². The molecule has 0 aliphatic carbocycles. The van der Waals surface area contributed by atoms with Gasteiger partial charge in [-0.15, -0.1) is 0 Å². The van der Waals surface area contributed by atoms with Crippen LogP contribution in [0.4, 0.5) is 5.69 Å². The zero-order valence-electron chi connectivity index (χ0n) is 26.6. The van der Waals surface area contributed by atoms with Crippen molar-refractivity contribution in [2.75, 3.05) is 17.4 Å². The molecule has 1 unspecified atom stereocenters. The van der Waals surface area contributed by atoms with Crippen LogP contribution in [0.2, 0.25) is 0 Å². The molecule has 0 aliphatic rings. The molecule has 0 fully saturated rings. The molecule has 1 N–H and O–H groups in total. The Balaban J connectivity index is 1.80. The van der Waals surface area contributed by atoms with E-state index in [1.165, 1.54) is 9.21 Å². The van der Waals surface area contributed by atoms with Crippen molar-refractivity contribution in [2.45, 2.75) is 64.4 Å². The first-order valence-corrected chi connectivity index (χ1v) is 16.9. The first kappa shape index (κ1) is 33.5. The molecule has 0 radical (unpaired) electrons. The van der Waals surface area contributed by atoms with Crippen LogP contribution in [0, 0.1) is 20.8 Å². The van der Waals surface area contributed by atoms with E-state index in [0.29, 0.717) is 12.2 Å². The molecule has 0 bridgehead atoms. The summed E-state index contributed by atoms with van der Waals surface area (Å²) in [7, 11) is -4.14. The van der Waals surface area contributed by atoms with Gasteiger partial charge in [-0.25, -0.2) is 8.42 Å². The first-order valence-electron chi connectivity index (χ1n) is 15.4. The van der Waals surface area contributed by atoms with Gasteiger partial charge in [0.05, 0.1) is 10.6 Å². The number of unbranched alkanes of at least 4 members (excludes halogenated alkanes) is 1. The average Bonchev–Trinajstić information content (AvgIpc) is 3.03. The fourth-order valence-corrected chi connectivity index (χ4v) is 6.75. The second kappa shape index (κ2) is 15.5. The molecule has 8 heteroatoms. The van der Waals surface area contributed by atoms with Gasteiger partial charge in [0.1, 0.15) is 12.6 Å². The lowest BCUT2D eigenvalue weighted by Gasteiger charge is -2.34. The molecule has 0 aliphatic heterocycles. The maximum atomic E-state index is 14.5. The third-order valence-corrected chi connectivity index (χ3v) is 9.58. The number of carbonyl (C=O) groups excluding carboxylic acids is 2. The first-order chi connectivity index (χ1) is 21.6. The van der Waals surface area contributed by atoms with Gasteiger partial charge in [-0.05, 0) is 62.1 Å². The number of sulfonamides is 1. The highest BCUT2D eigenvalue weighted by Gasteiger charge is 2.35. The Hall–Kier alpha value is -4.43. The number of hydrogen-bond acceptors (Lipinski definition) is 4. The summed E-state index contributed by atoms with van der Waals surface area (Å²) in [6.45, 7) is 7.88. The van der Waals surface area contributed by atoms with Crippen molar-refractivity contribution in [3.05, 3.63) is 131 Å². The third kappa shape index (κ3) is 8.82. The van der Waals surface area contributed by atoms with Gasteiger partial charge in [0.25, 0.3) is 10.0 Å². The highest BCUT2D eigenvalue weighted by atomic mass is 32.2. The number of amides is 2. The van der Waals surface area contributed by atoms with E-state index in [1.807, 2.05) is 93.6 Å². The van der Waals surface area contributed by atoms with Crippen molar-refractivity contribution in [1.82, 2.24) is 10.2 Å². The molecule has 0 saturated carbocycles. The SMILES string of the molecule is CCCCNC(=O)C(Cc1ccccc1)N(Cc1ccccc1)C(=O)CN(c1ccc(C)cc1C)S(=O)(=O)c1ccc(C)cc1. The zero-order valence-corrected chi connectivity index (χ0v) is 27.4. The second-order valence-electron chi connectivity index (χ2n) is 11.5. The van der Waals surface area contributed by atoms with Crippen LogP contribution >= 0.6 is 0 Å². The van der Waals surface area contributed by atoms with Crippen molar-refractivity contribution in [3.63, 3.8) is 0 Å². The zero-order chi connectivity index (χ0) is 32.4. The lowest BCUT2D eigenvalue weighted by Crippen LogP contribution is -2.53. The molecular formula is C37H43N3O4S. The largest absolute Gasteiger partial charge is 0.354 e. The highest BCUT2D eigenvalue weighted by molar-refractivity contribution is 7.92. The topological polar surface area (TPSA) is 86.8 Å².